The largest absolute Gasteiger partial charge is 0.311 e. The summed E-state index contributed by atoms with van der Waals surface area (Å²) in [6, 6.07) is 101. The molecular formula is C64H46N2. The molecule has 0 aromatic heterocycles. The molecule has 0 aliphatic heterocycles. The maximum absolute atomic E-state index is 2.42. The van der Waals surface area contributed by atoms with Gasteiger partial charge in [0.15, 0.2) is 0 Å². The average Bonchev–Trinajstić information content (AvgIpc) is 3.40. The predicted molar refractivity (Wildman–Crippen MR) is 280 cm³/mol. The van der Waals surface area contributed by atoms with E-state index in [2.05, 4.69) is 289 Å². The molecule has 0 bridgehead atoms. The zero-order chi connectivity index (χ0) is 44.1. The van der Waals surface area contributed by atoms with E-state index in [0.717, 1.165) is 61.9 Å². The Labute approximate surface area is 387 Å². The topological polar surface area (TPSA) is 6.48 Å². The lowest BCUT2D eigenvalue weighted by atomic mass is 9.80. The summed E-state index contributed by atoms with van der Waals surface area (Å²) in [5.74, 6) is 0. The molecule has 2 nitrogen and oxygen atoms in total. The van der Waals surface area contributed by atoms with Crippen LogP contribution < -0.4 is 9.80 Å². The van der Waals surface area contributed by atoms with Gasteiger partial charge in [0.05, 0.1) is 0 Å². The summed E-state index contributed by atoms with van der Waals surface area (Å²) in [5.41, 5.74) is 18.3. The highest BCUT2D eigenvalue weighted by atomic mass is 15.1. The summed E-state index contributed by atoms with van der Waals surface area (Å²) >= 11 is 0. The van der Waals surface area contributed by atoms with Gasteiger partial charge >= 0.3 is 0 Å². The number of hydrogen-bond donors (Lipinski definition) is 0. The van der Waals surface area contributed by atoms with Crippen molar-refractivity contribution in [1.82, 2.24) is 0 Å². The molecule has 0 heterocycles. The number of fused-ring (bicyclic) bond motifs is 1. The molecule has 11 aromatic rings. The number of hydrogen-bond acceptors (Lipinski definition) is 2. The minimum atomic E-state index is 1.09. The van der Waals surface area contributed by atoms with Gasteiger partial charge in [-0.25, -0.2) is 0 Å². The molecule has 0 aliphatic rings. The number of para-hydroxylation sites is 4. The molecule has 0 spiro atoms. The first kappa shape index (κ1) is 40.1. The minimum absolute atomic E-state index is 1.09. The first-order chi connectivity index (χ1) is 32.8. The fourth-order valence-electron chi connectivity index (χ4n) is 9.35. The quantitative estimate of drug-likeness (QED) is 0.128. The molecule has 0 unspecified atom stereocenters. The predicted octanol–water partition coefficient (Wildman–Crippen LogP) is 18.1. The summed E-state index contributed by atoms with van der Waals surface area (Å²) < 4.78 is 0. The molecule has 11 aromatic carbocycles. The highest BCUT2D eigenvalue weighted by molar-refractivity contribution is 6.11. The third-order valence-electron chi connectivity index (χ3n) is 12.4. The number of rotatable bonds is 11. The highest BCUT2D eigenvalue weighted by Gasteiger charge is 2.23. The summed E-state index contributed by atoms with van der Waals surface area (Å²) in [5, 5.41) is 2.42. The second-order valence-electron chi connectivity index (χ2n) is 16.5. The van der Waals surface area contributed by atoms with E-state index in [-0.39, 0.29) is 0 Å². The molecule has 0 saturated carbocycles. The van der Waals surface area contributed by atoms with Crippen molar-refractivity contribution in [3.8, 4) is 55.6 Å². The van der Waals surface area contributed by atoms with Crippen molar-refractivity contribution < 1.29 is 0 Å². The summed E-state index contributed by atoms with van der Waals surface area (Å²) in [4.78, 5) is 4.64. The van der Waals surface area contributed by atoms with Gasteiger partial charge in [-0.05, 0) is 151 Å². The number of benzene rings is 11. The van der Waals surface area contributed by atoms with E-state index in [9.17, 15) is 0 Å². The fraction of sp³-hybridized carbons (Fsp3) is 0. The molecule has 0 radical (unpaired) electrons. The Morgan fingerprint density at radius 1 is 0.197 bits per heavy atom. The van der Waals surface area contributed by atoms with Gasteiger partial charge in [0.2, 0.25) is 0 Å². The normalized spacial score (nSPS) is 11.0. The Balaban J connectivity index is 1.15. The van der Waals surface area contributed by atoms with Crippen LogP contribution in [0.1, 0.15) is 0 Å². The number of anilines is 6. The van der Waals surface area contributed by atoms with Crippen LogP contribution in [0, 0.1) is 0 Å². The van der Waals surface area contributed by atoms with Gasteiger partial charge in [-0.15, -0.1) is 0 Å². The number of nitrogens with zero attached hydrogens (tertiary/aromatic N) is 2. The lowest BCUT2D eigenvalue weighted by Gasteiger charge is -2.26. The van der Waals surface area contributed by atoms with E-state index in [1.54, 1.807) is 0 Å². The van der Waals surface area contributed by atoms with Crippen LogP contribution in [0.5, 0.6) is 0 Å². The Morgan fingerprint density at radius 2 is 0.530 bits per heavy atom. The van der Waals surface area contributed by atoms with Crippen molar-refractivity contribution in [3.05, 3.63) is 279 Å². The van der Waals surface area contributed by atoms with Crippen LogP contribution in [0.3, 0.4) is 0 Å². The zero-order valence-electron chi connectivity index (χ0n) is 36.5. The Kier molecular flexibility index (Phi) is 11.0. The van der Waals surface area contributed by atoms with Gasteiger partial charge in [-0.3, -0.25) is 0 Å². The molecule has 0 fully saturated rings. The lowest BCUT2D eigenvalue weighted by molar-refractivity contribution is 1.28. The third kappa shape index (κ3) is 7.93. The lowest BCUT2D eigenvalue weighted by Crippen LogP contribution is -2.09. The van der Waals surface area contributed by atoms with Crippen molar-refractivity contribution in [2.24, 2.45) is 0 Å². The Bertz CT molecular complexity index is 3280. The summed E-state index contributed by atoms with van der Waals surface area (Å²) in [6.45, 7) is 0. The second kappa shape index (κ2) is 18.2. The van der Waals surface area contributed by atoms with Crippen molar-refractivity contribution >= 4 is 44.9 Å². The van der Waals surface area contributed by atoms with Crippen LogP contribution in [0.15, 0.2) is 279 Å². The molecule has 66 heavy (non-hydrogen) atoms. The molecule has 0 aliphatic carbocycles. The van der Waals surface area contributed by atoms with E-state index in [0.29, 0.717) is 0 Å². The van der Waals surface area contributed by atoms with E-state index < -0.39 is 0 Å². The highest BCUT2D eigenvalue weighted by Crippen LogP contribution is 2.50. The standard InChI is InChI=1S/C64H46N2/c1-7-21-48(22-8-1)60-44-39-50-25-19-20-34-59(50)63(60)64-61(49-23-9-2-10-24-49)45-52(47-35-40-57(41-36-47)65(53-26-11-3-12-27-53)54-28-13-4-14-29-54)46-62(64)51-37-42-58(43-38-51)66(55-30-15-5-16-31-55)56-32-17-6-18-33-56/h1-46H. The van der Waals surface area contributed by atoms with Gasteiger partial charge in [0.1, 0.15) is 0 Å². The summed E-state index contributed by atoms with van der Waals surface area (Å²) in [6.07, 6.45) is 0. The average molecular weight is 843 g/mol. The molecule has 0 atom stereocenters. The Morgan fingerprint density at radius 3 is 0.970 bits per heavy atom. The minimum Gasteiger partial charge on any atom is -0.311 e. The van der Waals surface area contributed by atoms with Crippen LogP contribution in [-0.2, 0) is 0 Å². The smallest absolute Gasteiger partial charge is 0.0462 e. The molecule has 0 amide bonds. The van der Waals surface area contributed by atoms with Crippen molar-refractivity contribution in [2.75, 3.05) is 9.80 Å². The maximum Gasteiger partial charge on any atom is 0.0462 e. The maximum atomic E-state index is 2.42. The molecule has 11 rings (SSSR count). The van der Waals surface area contributed by atoms with E-state index in [4.69, 9.17) is 0 Å². The van der Waals surface area contributed by atoms with Gasteiger partial charge in [0, 0.05) is 34.1 Å². The van der Waals surface area contributed by atoms with Crippen LogP contribution >= 0.6 is 0 Å². The second-order valence-corrected chi connectivity index (χ2v) is 16.5. The molecule has 312 valence electrons. The van der Waals surface area contributed by atoms with Crippen molar-refractivity contribution in [3.63, 3.8) is 0 Å². The van der Waals surface area contributed by atoms with E-state index >= 15 is 0 Å². The van der Waals surface area contributed by atoms with Crippen LogP contribution in [0.4, 0.5) is 34.1 Å². The SMILES string of the molecule is c1ccc(-c2cc(-c3ccc(N(c4ccccc4)c4ccccc4)cc3)cc(-c3ccc(N(c4ccccc4)c4ccccc4)cc3)c2-c2c(-c3ccccc3)ccc3ccccc23)cc1. The molecule has 0 N–H and O–H groups in total. The Hall–Kier alpha value is -8.72. The first-order valence-corrected chi connectivity index (χ1v) is 22.6. The first-order valence-electron chi connectivity index (χ1n) is 22.6. The zero-order valence-corrected chi connectivity index (χ0v) is 36.5. The van der Waals surface area contributed by atoms with E-state index in [1.165, 1.54) is 38.6 Å². The van der Waals surface area contributed by atoms with Crippen molar-refractivity contribution in [1.29, 1.82) is 0 Å². The van der Waals surface area contributed by atoms with Crippen LogP contribution in [0.2, 0.25) is 0 Å². The van der Waals surface area contributed by atoms with Gasteiger partial charge < -0.3 is 9.80 Å². The van der Waals surface area contributed by atoms with Crippen LogP contribution in [-0.4, -0.2) is 0 Å². The van der Waals surface area contributed by atoms with Crippen molar-refractivity contribution in [2.45, 2.75) is 0 Å². The van der Waals surface area contributed by atoms with Gasteiger partial charge in [-0.2, -0.15) is 0 Å². The summed E-state index contributed by atoms with van der Waals surface area (Å²) in [7, 11) is 0. The third-order valence-corrected chi connectivity index (χ3v) is 12.4. The molecular weight excluding hydrogens is 797 g/mol. The molecule has 0 saturated heterocycles. The van der Waals surface area contributed by atoms with Crippen LogP contribution in [0.25, 0.3) is 66.4 Å². The van der Waals surface area contributed by atoms with Gasteiger partial charge in [0.25, 0.3) is 0 Å². The van der Waals surface area contributed by atoms with Gasteiger partial charge in [-0.1, -0.05) is 194 Å². The fourth-order valence-corrected chi connectivity index (χ4v) is 9.35. The molecule has 2 heteroatoms. The monoisotopic (exact) mass is 842 g/mol. The van der Waals surface area contributed by atoms with E-state index in [1.807, 2.05) is 0 Å².